The minimum Gasteiger partial charge on any atom is -0.208 e. The lowest BCUT2D eigenvalue weighted by atomic mass is 9.42. The smallest absolute Gasteiger partial charge is 0.164 e. The van der Waals surface area contributed by atoms with Crippen LogP contribution >= 0.6 is 0 Å². The molecule has 0 saturated heterocycles. The SMILES string of the molecule is C[Si]12c3ccccc3-c3cc(-c4ccc(-c5nc(-c6ccccc6)nc(-c6cc(-c7ccccc7)cc(-c7ccccc7)c6)n5)cc4)c4c(c31)C1(c3ccccc3-4)C3CC4CC(C3)C2C1C4. The largest absolute Gasteiger partial charge is 0.208 e. The van der Waals surface area contributed by atoms with Crippen LogP contribution in [0.25, 0.3) is 89.8 Å². The van der Waals surface area contributed by atoms with Gasteiger partial charge in [0.15, 0.2) is 17.5 Å². The third kappa shape index (κ3) is 4.90. The van der Waals surface area contributed by atoms with Gasteiger partial charge in [0.25, 0.3) is 0 Å². The number of fused-ring (bicyclic) bond motifs is 5. The zero-order valence-corrected chi connectivity index (χ0v) is 38.0. The minimum absolute atomic E-state index is 0.131. The Hall–Kier alpha value is -7.01. The topological polar surface area (TPSA) is 38.7 Å². The second kappa shape index (κ2) is 13.5. The first kappa shape index (κ1) is 37.2. The van der Waals surface area contributed by atoms with Gasteiger partial charge in [-0.25, -0.2) is 15.0 Å². The van der Waals surface area contributed by atoms with Gasteiger partial charge >= 0.3 is 0 Å². The quantitative estimate of drug-likeness (QED) is 0.156. The van der Waals surface area contributed by atoms with E-state index in [1.54, 1.807) is 16.3 Å². The second-order valence-electron chi connectivity index (χ2n) is 20.4. The fraction of sp³-hybridized carbons (Fsp3) is 0.177. The van der Waals surface area contributed by atoms with Crippen LogP contribution < -0.4 is 10.4 Å². The number of aromatic nitrogens is 3. The van der Waals surface area contributed by atoms with Gasteiger partial charge in [-0.15, -0.1) is 0 Å². The molecule has 0 radical (unpaired) electrons. The number of benzene rings is 8. The van der Waals surface area contributed by atoms with Crippen LogP contribution in [0.15, 0.2) is 188 Å². The summed E-state index contributed by atoms with van der Waals surface area (Å²) in [6.07, 6.45) is 5.68. The van der Waals surface area contributed by atoms with Crippen LogP contribution in [0.2, 0.25) is 12.1 Å². The van der Waals surface area contributed by atoms with E-state index in [0.29, 0.717) is 17.5 Å². The predicted octanol–water partition coefficient (Wildman–Crippen LogP) is 13.8. The van der Waals surface area contributed by atoms with Crippen LogP contribution in [0.4, 0.5) is 0 Å². The van der Waals surface area contributed by atoms with Crippen LogP contribution in [0.3, 0.4) is 0 Å². The molecule has 4 saturated carbocycles. The molecule has 5 aliphatic carbocycles. The van der Waals surface area contributed by atoms with Crippen molar-refractivity contribution in [2.75, 3.05) is 0 Å². The molecule has 1 aromatic heterocycles. The number of hydrogen-bond donors (Lipinski definition) is 0. The van der Waals surface area contributed by atoms with Crippen LogP contribution in [-0.4, -0.2) is 23.0 Å². The molecular formula is C62H47N3Si. The molecule has 0 amide bonds. The van der Waals surface area contributed by atoms with Crippen LogP contribution in [0.5, 0.6) is 0 Å². The molecule has 8 aromatic carbocycles. The molecule has 66 heavy (non-hydrogen) atoms. The van der Waals surface area contributed by atoms with E-state index in [4.69, 9.17) is 15.0 Å². The molecule has 9 aromatic rings. The first-order valence-electron chi connectivity index (χ1n) is 24.2. The van der Waals surface area contributed by atoms with Crippen molar-refractivity contribution in [3.8, 4) is 89.8 Å². The highest BCUT2D eigenvalue weighted by molar-refractivity contribution is 7.06. The Labute approximate surface area is 387 Å². The van der Waals surface area contributed by atoms with E-state index < -0.39 is 8.07 Å². The van der Waals surface area contributed by atoms with E-state index in [-0.39, 0.29) is 5.41 Å². The molecule has 16 rings (SSSR count). The number of hydrogen-bond acceptors (Lipinski definition) is 3. The van der Waals surface area contributed by atoms with Crippen molar-refractivity contribution in [3.05, 3.63) is 199 Å². The summed E-state index contributed by atoms with van der Waals surface area (Å²) in [5.41, 5.74) is 20.6. The predicted molar refractivity (Wildman–Crippen MR) is 271 cm³/mol. The van der Waals surface area contributed by atoms with Crippen molar-refractivity contribution >= 4 is 18.4 Å². The Kier molecular flexibility index (Phi) is 7.63. The number of rotatable bonds is 6. The summed E-state index contributed by atoms with van der Waals surface area (Å²) in [6.45, 7) is 2.80. The van der Waals surface area contributed by atoms with Crippen molar-refractivity contribution in [2.45, 2.75) is 43.2 Å². The van der Waals surface area contributed by atoms with Gasteiger partial charge < -0.3 is 0 Å². The van der Waals surface area contributed by atoms with Gasteiger partial charge in [-0.3, -0.25) is 0 Å². The van der Waals surface area contributed by atoms with Crippen molar-refractivity contribution in [2.24, 2.45) is 23.7 Å². The van der Waals surface area contributed by atoms with E-state index >= 15 is 0 Å². The Morgan fingerprint density at radius 3 is 1.67 bits per heavy atom. The molecule has 1 spiro atoms. The van der Waals surface area contributed by atoms with E-state index in [2.05, 4.69) is 189 Å². The maximum Gasteiger partial charge on any atom is 0.164 e. The van der Waals surface area contributed by atoms with Crippen molar-refractivity contribution in [1.82, 2.24) is 15.0 Å². The average Bonchev–Trinajstić information content (AvgIpc) is 3.83. The van der Waals surface area contributed by atoms with Gasteiger partial charge in [0.05, 0.1) is 0 Å². The second-order valence-corrected chi connectivity index (χ2v) is 24.5. The first-order chi connectivity index (χ1) is 32.6. The molecule has 4 heteroatoms. The van der Waals surface area contributed by atoms with Gasteiger partial charge in [0.2, 0.25) is 0 Å². The molecule has 4 fully saturated rings. The zero-order chi connectivity index (χ0) is 43.3. The monoisotopic (exact) mass is 861 g/mol. The molecule has 3 nitrogen and oxygen atoms in total. The molecule has 314 valence electrons. The van der Waals surface area contributed by atoms with Crippen LogP contribution in [0, 0.1) is 23.7 Å². The molecule has 6 bridgehead atoms. The molecule has 7 atom stereocenters. The molecule has 2 aliphatic heterocycles. The van der Waals surface area contributed by atoms with Crippen molar-refractivity contribution < 1.29 is 0 Å². The van der Waals surface area contributed by atoms with Gasteiger partial charge in [-0.1, -0.05) is 170 Å². The lowest BCUT2D eigenvalue weighted by Crippen LogP contribution is -2.73. The highest BCUT2D eigenvalue weighted by Crippen LogP contribution is 2.77. The minimum atomic E-state index is -2.07. The third-order valence-corrected chi connectivity index (χ3v) is 22.8. The summed E-state index contributed by atoms with van der Waals surface area (Å²) in [6, 6.07) is 69.5. The molecular weight excluding hydrogens is 815 g/mol. The third-order valence-electron chi connectivity index (χ3n) is 17.5. The maximum absolute atomic E-state index is 5.32. The average molecular weight is 862 g/mol. The Morgan fingerprint density at radius 2 is 0.985 bits per heavy atom. The summed E-state index contributed by atoms with van der Waals surface area (Å²) in [7, 11) is -2.07. The van der Waals surface area contributed by atoms with E-state index in [1.165, 1.54) is 59.1 Å². The Balaban J connectivity index is 0.918. The van der Waals surface area contributed by atoms with Crippen molar-refractivity contribution in [1.29, 1.82) is 0 Å². The zero-order valence-electron chi connectivity index (χ0n) is 37.0. The standard InChI is InChI=1S/C62H47N3Si/c1-66-54-24-14-12-21-48(54)51-36-50(55-49-22-11-13-23-52(49)62(56(55)58(51)66)47-30-37-29-45(35-47)57(66)53(62)31-37)40-25-27-42(28-26-40)60-63-59(41-19-9-4-10-20-41)64-61(65-60)46-33-43(38-15-5-2-6-16-38)32-44(34-46)39-17-7-3-8-18-39/h2-28,32-34,36-37,45,47,53,57H,29-31,35H2,1H3. The summed E-state index contributed by atoms with van der Waals surface area (Å²) < 4.78 is 0. The maximum atomic E-state index is 5.32. The highest BCUT2D eigenvalue weighted by atomic mass is 28.3. The summed E-state index contributed by atoms with van der Waals surface area (Å²) in [5, 5.41) is 3.52. The molecule has 7 aliphatic rings. The highest BCUT2D eigenvalue weighted by Gasteiger charge is 2.73. The fourth-order valence-corrected chi connectivity index (χ4v) is 21.6. The lowest BCUT2D eigenvalue weighted by molar-refractivity contribution is -0.0432. The normalized spacial score (nSPS) is 25.1. The summed E-state index contributed by atoms with van der Waals surface area (Å²) in [4.78, 5) is 15.7. The van der Waals surface area contributed by atoms with Crippen molar-refractivity contribution in [3.63, 3.8) is 0 Å². The van der Waals surface area contributed by atoms with Gasteiger partial charge in [0, 0.05) is 22.1 Å². The molecule has 7 unspecified atom stereocenters. The van der Waals surface area contributed by atoms with E-state index in [1.807, 2.05) is 11.3 Å². The summed E-state index contributed by atoms with van der Waals surface area (Å²) >= 11 is 0. The van der Waals surface area contributed by atoms with E-state index in [9.17, 15) is 0 Å². The Morgan fingerprint density at radius 1 is 0.439 bits per heavy atom. The Bertz CT molecular complexity index is 3420. The van der Waals surface area contributed by atoms with Gasteiger partial charge in [-0.05, 0) is 156 Å². The molecule has 0 N–H and O–H groups in total. The van der Waals surface area contributed by atoms with E-state index in [0.717, 1.165) is 68.2 Å². The number of nitrogens with zero attached hydrogens (tertiary/aromatic N) is 3. The van der Waals surface area contributed by atoms with Crippen LogP contribution in [0.1, 0.15) is 36.8 Å². The molecule has 3 heterocycles. The van der Waals surface area contributed by atoms with Gasteiger partial charge in [0.1, 0.15) is 8.07 Å². The van der Waals surface area contributed by atoms with Gasteiger partial charge in [-0.2, -0.15) is 0 Å². The lowest BCUT2D eigenvalue weighted by Gasteiger charge is -2.69. The van der Waals surface area contributed by atoms with Crippen LogP contribution in [-0.2, 0) is 5.41 Å². The summed E-state index contributed by atoms with van der Waals surface area (Å²) in [5.74, 6) is 5.25. The first-order valence-corrected chi connectivity index (χ1v) is 26.7. The fourth-order valence-electron chi connectivity index (χ4n) is 15.3.